The van der Waals surface area contributed by atoms with E-state index >= 15 is 0 Å². The summed E-state index contributed by atoms with van der Waals surface area (Å²) in [5, 5.41) is 3.49. The number of nitrogens with zero attached hydrogens (tertiary/aromatic N) is 1. The van der Waals surface area contributed by atoms with Crippen molar-refractivity contribution in [2.45, 2.75) is 0 Å². The zero-order valence-corrected chi connectivity index (χ0v) is 8.58. The van der Waals surface area contributed by atoms with Crippen molar-refractivity contribution in [2.75, 3.05) is 5.73 Å². The molecule has 72 valence electrons. The van der Waals surface area contributed by atoms with Crippen LogP contribution in [0.4, 0.5) is 10.1 Å². The van der Waals surface area contributed by atoms with E-state index in [0.29, 0.717) is 15.7 Å². The van der Waals surface area contributed by atoms with Gasteiger partial charge in [-0.15, -0.1) is 0 Å². The first-order chi connectivity index (χ1) is 6.70. The molecule has 14 heavy (non-hydrogen) atoms. The molecule has 0 unspecified atom stereocenters. The molecule has 0 aliphatic heterocycles. The van der Waals surface area contributed by atoms with Gasteiger partial charge in [0.05, 0.1) is 16.2 Å². The molecule has 5 heteroatoms. The number of benzene rings is 1. The molecule has 0 bridgehead atoms. The Hall–Kier alpha value is -1.36. The Morgan fingerprint density at radius 3 is 2.86 bits per heavy atom. The summed E-state index contributed by atoms with van der Waals surface area (Å²) in [4.78, 5) is 0. The molecular weight excluding hydrogens is 251 g/mol. The van der Waals surface area contributed by atoms with Crippen LogP contribution in [0.3, 0.4) is 0 Å². The second-order valence-electron chi connectivity index (χ2n) is 2.71. The summed E-state index contributed by atoms with van der Waals surface area (Å²) in [6.07, 6.45) is 1.34. The standard InChI is InChI=1S/C9H6BrFN2O/c10-6-3-1-2-5(8(6)11)9-7(12)4-13-14-9/h1-4H,12H2. The number of halogens is 2. The van der Waals surface area contributed by atoms with E-state index in [2.05, 4.69) is 21.1 Å². The number of anilines is 1. The van der Waals surface area contributed by atoms with Gasteiger partial charge in [-0.2, -0.15) is 0 Å². The lowest BCUT2D eigenvalue weighted by molar-refractivity contribution is 0.430. The summed E-state index contributed by atoms with van der Waals surface area (Å²) in [6.45, 7) is 0. The van der Waals surface area contributed by atoms with E-state index in [0.717, 1.165) is 0 Å². The lowest BCUT2D eigenvalue weighted by atomic mass is 10.1. The molecule has 0 aliphatic rings. The van der Waals surface area contributed by atoms with Gasteiger partial charge in [-0.1, -0.05) is 11.2 Å². The van der Waals surface area contributed by atoms with Crippen molar-refractivity contribution < 1.29 is 8.91 Å². The Morgan fingerprint density at radius 1 is 1.43 bits per heavy atom. The largest absolute Gasteiger partial charge is 0.394 e. The molecule has 0 fully saturated rings. The van der Waals surface area contributed by atoms with Crippen LogP contribution in [0.1, 0.15) is 0 Å². The maximum absolute atomic E-state index is 13.6. The maximum Gasteiger partial charge on any atom is 0.192 e. The predicted molar refractivity (Wildman–Crippen MR) is 54.0 cm³/mol. The smallest absolute Gasteiger partial charge is 0.192 e. The molecule has 0 saturated heterocycles. The van der Waals surface area contributed by atoms with Gasteiger partial charge in [-0.05, 0) is 28.1 Å². The molecule has 0 atom stereocenters. The van der Waals surface area contributed by atoms with E-state index in [-0.39, 0.29) is 5.76 Å². The molecule has 0 aliphatic carbocycles. The minimum Gasteiger partial charge on any atom is -0.394 e. The third kappa shape index (κ3) is 1.39. The van der Waals surface area contributed by atoms with Crippen LogP contribution in [0.25, 0.3) is 11.3 Å². The fourth-order valence-electron chi connectivity index (χ4n) is 1.13. The Labute approximate surface area is 87.8 Å². The summed E-state index contributed by atoms with van der Waals surface area (Å²) >= 11 is 3.08. The van der Waals surface area contributed by atoms with Crippen molar-refractivity contribution in [1.29, 1.82) is 0 Å². The van der Waals surface area contributed by atoms with Gasteiger partial charge in [0.2, 0.25) is 0 Å². The number of aromatic nitrogens is 1. The summed E-state index contributed by atoms with van der Waals surface area (Å²) in [5.41, 5.74) is 6.17. The molecule has 3 nitrogen and oxygen atoms in total. The highest BCUT2D eigenvalue weighted by molar-refractivity contribution is 9.10. The molecule has 1 heterocycles. The molecule has 0 spiro atoms. The maximum atomic E-state index is 13.6. The Bertz CT molecular complexity index is 470. The first-order valence-corrected chi connectivity index (χ1v) is 4.64. The molecule has 0 saturated carbocycles. The molecule has 1 aromatic carbocycles. The van der Waals surface area contributed by atoms with E-state index in [4.69, 9.17) is 10.3 Å². The summed E-state index contributed by atoms with van der Waals surface area (Å²) < 4.78 is 18.8. The van der Waals surface area contributed by atoms with Crippen LogP contribution in [-0.4, -0.2) is 5.16 Å². The second-order valence-corrected chi connectivity index (χ2v) is 3.57. The molecule has 0 amide bonds. The third-order valence-electron chi connectivity index (χ3n) is 1.79. The van der Waals surface area contributed by atoms with E-state index in [1.54, 1.807) is 18.2 Å². The molecular formula is C9H6BrFN2O. The zero-order chi connectivity index (χ0) is 10.1. The quantitative estimate of drug-likeness (QED) is 0.854. The van der Waals surface area contributed by atoms with Gasteiger partial charge in [0.15, 0.2) is 5.76 Å². The highest BCUT2D eigenvalue weighted by atomic mass is 79.9. The van der Waals surface area contributed by atoms with Crippen molar-refractivity contribution in [2.24, 2.45) is 0 Å². The van der Waals surface area contributed by atoms with Gasteiger partial charge in [0.25, 0.3) is 0 Å². The van der Waals surface area contributed by atoms with E-state index in [9.17, 15) is 4.39 Å². The molecule has 2 rings (SSSR count). The van der Waals surface area contributed by atoms with E-state index in [1.807, 2.05) is 0 Å². The second kappa shape index (κ2) is 3.42. The van der Waals surface area contributed by atoms with E-state index in [1.165, 1.54) is 6.20 Å². The van der Waals surface area contributed by atoms with Crippen molar-refractivity contribution >= 4 is 21.6 Å². The van der Waals surface area contributed by atoms with Crippen LogP contribution in [0, 0.1) is 5.82 Å². The van der Waals surface area contributed by atoms with Gasteiger partial charge in [0, 0.05) is 0 Å². The van der Waals surface area contributed by atoms with Crippen LogP contribution >= 0.6 is 15.9 Å². The van der Waals surface area contributed by atoms with Crippen LogP contribution in [0.2, 0.25) is 0 Å². The lowest BCUT2D eigenvalue weighted by Gasteiger charge is -2.00. The van der Waals surface area contributed by atoms with Gasteiger partial charge in [0.1, 0.15) is 11.5 Å². The number of rotatable bonds is 1. The highest BCUT2D eigenvalue weighted by Crippen LogP contribution is 2.30. The summed E-state index contributed by atoms with van der Waals surface area (Å²) in [5.74, 6) is -0.153. The van der Waals surface area contributed by atoms with Gasteiger partial charge in [-0.25, -0.2) is 4.39 Å². The normalized spacial score (nSPS) is 10.4. The van der Waals surface area contributed by atoms with Gasteiger partial charge in [-0.3, -0.25) is 0 Å². The zero-order valence-electron chi connectivity index (χ0n) is 7.00. The summed E-state index contributed by atoms with van der Waals surface area (Å²) in [7, 11) is 0. The van der Waals surface area contributed by atoms with Crippen LogP contribution in [0.5, 0.6) is 0 Å². The Kier molecular flexibility index (Phi) is 2.25. The van der Waals surface area contributed by atoms with Crippen molar-refractivity contribution in [3.8, 4) is 11.3 Å². The van der Waals surface area contributed by atoms with Crippen LogP contribution in [-0.2, 0) is 0 Å². The van der Waals surface area contributed by atoms with Gasteiger partial charge < -0.3 is 10.3 Å². The van der Waals surface area contributed by atoms with Crippen molar-refractivity contribution in [1.82, 2.24) is 5.16 Å². The Morgan fingerprint density at radius 2 is 2.21 bits per heavy atom. The van der Waals surface area contributed by atoms with E-state index < -0.39 is 5.82 Å². The van der Waals surface area contributed by atoms with Crippen molar-refractivity contribution in [3.05, 3.63) is 34.7 Å². The number of nitrogens with two attached hydrogens (primary N) is 1. The topological polar surface area (TPSA) is 52.0 Å². The predicted octanol–water partition coefficient (Wildman–Crippen LogP) is 2.83. The summed E-state index contributed by atoms with van der Waals surface area (Å²) in [6, 6.07) is 4.88. The molecule has 0 radical (unpaired) electrons. The fraction of sp³-hybridized carbons (Fsp3) is 0. The first kappa shape index (κ1) is 9.21. The lowest BCUT2D eigenvalue weighted by Crippen LogP contribution is -1.88. The van der Waals surface area contributed by atoms with Gasteiger partial charge >= 0.3 is 0 Å². The molecule has 2 N–H and O–H groups in total. The Balaban J connectivity index is 2.63. The van der Waals surface area contributed by atoms with Crippen LogP contribution < -0.4 is 5.73 Å². The highest BCUT2D eigenvalue weighted by Gasteiger charge is 2.14. The number of hydrogen-bond acceptors (Lipinski definition) is 3. The average molecular weight is 257 g/mol. The minimum atomic E-state index is -0.407. The monoisotopic (exact) mass is 256 g/mol. The number of hydrogen-bond donors (Lipinski definition) is 1. The number of nitrogen functional groups attached to an aromatic ring is 1. The third-order valence-corrected chi connectivity index (χ3v) is 2.41. The fourth-order valence-corrected chi connectivity index (χ4v) is 1.50. The average Bonchev–Trinajstić information content (AvgIpc) is 2.57. The van der Waals surface area contributed by atoms with Crippen LogP contribution in [0.15, 0.2) is 33.4 Å². The van der Waals surface area contributed by atoms with Crippen molar-refractivity contribution in [3.63, 3.8) is 0 Å². The first-order valence-electron chi connectivity index (χ1n) is 3.84. The SMILES string of the molecule is Nc1cnoc1-c1cccc(Br)c1F. The molecule has 2 aromatic rings. The molecule has 1 aromatic heterocycles. The minimum absolute atomic E-state index is 0.254.